The number of amides is 1. The van der Waals surface area contributed by atoms with E-state index < -0.39 is 0 Å². The zero-order valence-electron chi connectivity index (χ0n) is 12.5. The molecule has 5 heteroatoms. The van der Waals surface area contributed by atoms with Crippen LogP contribution in [0.4, 0.5) is 0 Å². The van der Waals surface area contributed by atoms with Crippen LogP contribution < -0.4 is 5.32 Å². The van der Waals surface area contributed by atoms with Gasteiger partial charge in [-0.2, -0.15) is 11.8 Å². The van der Waals surface area contributed by atoms with Crippen molar-refractivity contribution in [2.75, 3.05) is 31.1 Å². The van der Waals surface area contributed by atoms with Crippen LogP contribution in [0.5, 0.6) is 0 Å². The molecule has 0 aromatic rings. The third-order valence-corrected chi connectivity index (χ3v) is 4.30. The Balaban J connectivity index is 0.00000324. The first-order valence-corrected chi connectivity index (χ1v) is 8.38. The first-order chi connectivity index (χ1) is 8.65. The highest BCUT2D eigenvalue weighted by atomic mass is 35.5. The van der Waals surface area contributed by atoms with Gasteiger partial charge in [0.15, 0.2) is 0 Å². The number of rotatable bonds is 8. The molecule has 114 valence electrons. The first-order valence-electron chi connectivity index (χ1n) is 7.23. The number of nitrogens with one attached hydrogen (secondary N) is 1. The van der Waals surface area contributed by atoms with E-state index in [1.807, 2.05) is 0 Å². The Kier molecular flexibility index (Phi) is 10.8. The number of nitrogens with zero attached hydrogens (tertiary/aromatic N) is 1. The average molecular weight is 309 g/mol. The van der Waals surface area contributed by atoms with Crippen LogP contribution in [0.15, 0.2) is 0 Å². The van der Waals surface area contributed by atoms with E-state index in [1.165, 1.54) is 6.42 Å². The molecule has 3 nitrogen and oxygen atoms in total. The SMILES string of the molecule is CCCN(C(=O)CSCCC(C)C)C1CCNC1.Cl. The van der Waals surface area contributed by atoms with Gasteiger partial charge in [-0.05, 0) is 37.5 Å². The molecule has 0 aliphatic carbocycles. The molecule has 1 heterocycles. The molecule has 1 rings (SSSR count). The number of carbonyl (C=O) groups excluding carboxylic acids is 1. The molecule has 0 saturated carbocycles. The van der Waals surface area contributed by atoms with Gasteiger partial charge in [0.1, 0.15) is 0 Å². The van der Waals surface area contributed by atoms with Crippen LogP contribution in [0.25, 0.3) is 0 Å². The molecule has 1 amide bonds. The predicted molar refractivity (Wildman–Crippen MR) is 87.3 cm³/mol. The van der Waals surface area contributed by atoms with Gasteiger partial charge in [-0.25, -0.2) is 0 Å². The summed E-state index contributed by atoms with van der Waals surface area (Å²) < 4.78 is 0. The summed E-state index contributed by atoms with van der Waals surface area (Å²) in [4.78, 5) is 14.3. The van der Waals surface area contributed by atoms with Crippen molar-refractivity contribution in [2.45, 2.75) is 46.1 Å². The van der Waals surface area contributed by atoms with Crippen LogP contribution >= 0.6 is 24.2 Å². The van der Waals surface area contributed by atoms with Gasteiger partial charge in [0, 0.05) is 19.1 Å². The van der Waals surface area contributed by atoms with Gasteiger partial charge >= 0.3 is 0 Å². The molecule has 0 radical (unpaired) electrons. The minimum absolute atomic E-state index is 0. The zero-order valence-corrected chi connectivity index (χ0v) is 14.1. The smallest absolute Gasteiger partial charge is 0.232 e. The number of hydrogen-bond donors (Lipinski definition) is 1. The molecule has 1 aliphatic rings. The molecule has 0 aromatic carbocycles. The normalized spacial score (nSPS) is 18.4. The molecule has 1 fully saturated rings. The number of thioether (sulfide) groups is 1. The van der Waals surface area contributed by atoms with Crippen molar-refractivity contribution in [2.24, 2.45) is 5.92 Å². The summed E-state index contributed by atoms with van der Waals surface area (Å²) in [5.74, 6) is 2.83. The lowest BCUT2D eigenvalue weighted by molar-refractivity contribution is -0.130. The zero-order chi connectivity index (χ0) is 13.4. The number of carbonyl (C=O) groups is 1. The van der Waals surface area contributed by atoms with E-state index in [0.29, 0.717) is 17.7 Å². The summed E-state index contributed by atoms with van der Waals surface area (Å²) in [6.45, 7) is 9.55. The summed E-state index contributed by atoms with van der Waals surface area (Å²) in [6.07, 6.45) is 3.37. The van der Waals surface area contributed by atoms with E-state index in [1.54, 1.807) is 11.8 Å². The molecule has 0 bridgehead atoms. The first kappa shape index (κ1) is 19.1. The van der Waals surface area contributed by atoms with Crippen LogP contribution in [0.2, 0.25) is 0 Å². The second-order valence-electron chi connectivity index (χ2n) is 5.47. The topological polar surface area (TPSA) is 32.3 Å². The monoisotopic (exact) mass is 308 g/mol. The van der Waals surface area contributed by atoms with Crippen LogP contribution in [0.1, 0.15) is 40.0 Å². The Morgan fingerprint density at radius 3 is 2.74 bits per heavy atom. The van der Waals surface area contributed by atoms with Crippen LogP contribution in [-0.4, -0.2) is 48.0 Å². The number of halogens is 1. The summed E-state index contributed by atoms with van der Waals surface area (Å²) in [7, 11) is 0. The minimum Gasteiger partial charge on any atom is -0.338 e. The van der Waals surface area contributed by atoms with Gasteiger partial charge in [0.25, 0.3) is 0 Å². The molecule has 1 atom stereocenters. The minimum atomic E-state index is 0. The number of hydrogen-bond acceptors (Lipinski definition) is 3. The fourth-order valence-corrected chi connectivity index (χ4v) is 3.34. The van der Waals surface area contributed by atoms with Crippen molar-refractivity contribution in [3.8, 4) is 0 Å². The van der Waals surface area contributed by atoms with Crippen molar-refractivity contribution in [3.63, 3.8) is 0 Å². The molecule has 19 heavy (non-hydrogen) atoms. The molecule has 1 saturated heterocycles. The molecule has 1 aliphatic heterocycles. The second-order valence-corrected chi connectivity index (χ2v) is 6.57. The lowest BCUT2D eigenvalue weighted by Gasteiger charge is -2.28. The Labute approximate surface area is 128 Å². The van der Waals surface area contributed by atoms with E-state index in [-0.39, 0.29) is 12.4 Å². The van der Waals surface area contributed by atoms with Crippen molar-refractivity contribution < 1.29 is 4.79 Å². The van der Waals surface area contributed by atoms with Gasteiger partial charge in [0.05, 0.1) is 5.75 Å². The highest BCUT2D eigenvalue weighted by molar-refractivity contribution is 7.99. The molecular formula is C14H29ClN2OS. The largest absolute Gasteiger partial charge is 0.338 e. The van der Waals surface area contributed by atoms with Gasteiger partial charge < -0.3 is 10.2 Å². The Hall–Kier alpha value is 0.0700. The highest BCUT2D eigenvalue weighted by Crippen LogP contribution is 2.14. The Bertz CT molecular complexity index is 246. The van der Waals surface area contributed by atoms with Crippen LogP contribution in [0, 0.1) is 5.92 Å². The van der Waals surface area contributed by atoms with Crippen LogP contribution in [-0.2, 0) is 4.79 Å². The van der Waals surface area contributed by atoms with Gasteiger partial charge in [0.2, 0.25) is 5.91 Å². The van der Waals surface area contributed by atoms with Crippen LogP contribution in [0.3, 0.4) is 0 Å². The third kappa shape index (κ3) is 7.42. The summed E-state index contributed by atoms with van der Waals surface area (Å²) in [5.41, 5.74) is 0. The van der Waals surface area contributed by atoms with Crippen molar-refractivity contribution in [1.82, 2.24) is 10.2 Å². The van der Waals surface area contributed by atoms with E-state index in [0.717, 1.165) is 44.1 Å². The predicted octanol–water partition coefficient (Wildman–Crippen LogP) is 2.79. The quantitative estimate of drug-likeness (QED) is 0.700. The summed E-state index contributed by atoms with van der Waals surface area (Å²) in [6, 6.07) is 0.433. The maximum absolute atomic E-state index is 12.2. The van der Waals surface area contributed by atoms with E-state index >= 15 is 0 Å². The molecule has 0 aromatic heterocycles. The van der Waals surface area contributed by atoms with Crippen molar-refractivity contribution in [3.05, 3.63) is 0 Å². The van der Waals surface area contributed by atoms with Gasteiger partial charge in [-0.3, -0.25) is 4.79 Å². The molecule has 1 unspecified atom stereocenters. The van der Waals surface area contributed by atoms with Crippen molar-refractivity contribution >= 4 is 30.1 Å². The van der Waals surface area contributed by atoms with Gasteiger partial charge in [-0.1, -0.05) is 20.8 Å². The molecular weight excluding hydrogens is 280 g/mol. The summed E-state index contributed by atoms with van der Waals surface area (Å²) in [5, 5.41) is 3.35. The van der Waals surface area contributed by atoms with Gasteiger partial charge in [-0.15, -0.1) is 12.4 Å². The Morgan fingerprint density at radius 2 is 2.21 bits per heavy atom. The molecule has 0 spiro atoms. The highest BCUT2D eigenvalue weighted by Gasteiger charge is 2.25. The third-order valence-electron chi connectivity index (χ3n) is 3.33. The van der Waals surface area contributed by atoms with E-state index in [2.05, 4.69) is 31.0 Å². The summed E-state index contributed by atoms with van der Waals surface area (Å²) >= 11 is 1.79. The van der Waals surface area contributed by atoms with E-state index in [4.69, 9.17) is 0 Å². The van der Waals surface area contributed by atoms with E-state index in [9.17, 15) is 4.79 Å². The fourth-order valence-electron chi connectivity index (χ4n) is 2.22. The van der Waals surface area contributed by atoms with Crippen molar-refractivity contribution in [1.29, 1.82) is 0 Å². The molecule has 1 N–H and O–H groups in total. The maximum atomic E-state index is 12.2. The standard InChI is InChI=1S/C14H28N2OS.ClH/c1-4-8-16(13-5-7-15-10-13)14(17)11-18-9-6-12(2)3;/h12-13,15H,4-11H2,1-3H3;1H. The fraction of sp³-hybridized carbons (Fsp3) is 0.929. The lowest BCUT2D eigenvalue weighted by Crippen LogP contribution is -2.43. The Morgan fingerprint density at radius 1 is 1.47 bits per heavy atom. The second kappa shape index (κ2) is 10.8. The average Bonchev–Trinajstić information content (AvgIpc) is 2.84. The lowest BCUT2D eigenvalue weighted by atomic mass is 10.2. The maximum Gasteiger partial charge on any atom is 0.232 e.